The van der Waals surface area contributed by atoms with Crippen molar-refractivity contribution >= 4 is 12.2 Å². The van der Waals surface area contributed by atoms with Gasteiger partial charge in [-0.05, 0) is 6.07 Å². The van der Waals surface area contributed by atoms with Gasteiger partial charge in [-0.15, -0.1) is 0 Å². The highest BCUT2D eigenvalue weighted by atomic mass is 16.5. The van der Waals surface area contributed by atoms with Crippen LogP contribution in [-0.4, -0.2) is 25.8 Å². The number of carbonyl (C=O) groups excluding carboxylic acids is 2. The second kappa shape index (κ2) is 5.80. The van der Waals surface area contributed by atoms with E-state index in [1.807, 2.05) is 6.07 Å². The van der Waals surface area contributed by atoms with Crippen molar-refractivity contribution < 1.29 is 14.3 Å². The molecule has 0 atom stereocenters. The molecule has 0 aliphatic heterocycles. The first kappa shape index (κ1) is 11.2. The highest BCUT2D eigenvalue weighted by Crippen LogP contribution is 2.17. The molecule has 4 heteroatoms. The van der Waals surface area contributed by atoms with Crippen LogP contribution in [0.25, 0.3) is 0 Å². The summed E-state index contributed by atoms with van der Waals surface area (Å²) in [4.78, 5) is 21.3. The number of para-hydroxylation sites is 1. The summed E-state index contributed by atoms with van der Waals surface area (Å²) in [6.07, 6.45) is 1.10. The van der Waals surface area contributed by atoms with Crippen molar-refractivity contribution in [1.82, 2.24) is 5.32 Å². The van der Waals surface area contributed by atoms with Gasteiger partial charge in [0.05, 0.1) is 0 Å². The number of rotatable bonds is 5. The zero-order valence-electron chi connectivity index (χ0n) is 8.53. The Balaban J connectivity index is 2.66. The molecule has 0 radical (unpaired) electrons. The van der Waals surface area contributed by atoms with Gasteiger partial charge in [0, 0.05) is 19.0 Å². The van der Waals surface area contributed by atoms with Crippen LogP contribution in [0, 0.1) is 0 Å². The largest absolute Gasteiger partial charge is 0.483 e. The third-order valence-electron chi connectivity index (χ3n) is 1.91. The molecular weight excluding hydrogens is 194 g/mol. The van der Waals surface area contributed by atoms with Crippen LogP contribution in [-0.2, 0) is 16.0 Å². The molecule has 0 saturated heterocycles. The first-order valence-electron chi connectivity index (χ1n) is 4.63. The molecule has 0 aliphatic rings. The lowest BCUT2D eigenvalue weighted by Gasteiger charge is -2.08. The summed E-state index contributed by atoms with van der Waals surface area (Å²) in [6.45, 7) is -0.0353. The van der Waals surface area contributed by atoms with E-state index in [0.717, 1.165) is 11.8 Å². The fraction of sp³-hybridized carbons (Fsp3) is 0.273. The number of amides is 1. The lowest BCUT2D eigenvalue weighted by atomic mass is 10.1. The summed E-state index contributed by atoms with van der Waals surface area (Å²) in [7, 11) is 1.54. The van der Waals surface area contributed by atoms with Gasteiger partial charge >= 0.3 is 0 Å². The average Bonchev–Trinajstić information content (AvgIpc) is 2.28. The molecule has 0 saturated carbocycles. The van der Waals surface area contributed by atoms with E-state index >= 15 is 0 Å². The highest BCUT2D eigenvalue weighted by Gasteiger charge is 2.04. The van der Waals surface area contributed by atoms with E-state index in [2.05, 4.69) is 5.32 Å². The number of aldehydes is 1. The maximum atomic E-state index is 10.9. The summed E-state index contributed by atoms with van der Waals surface area (Å²) >= 11 is 0. The molecular formula is C11H13NO3. The van der Waals surface area contributed by atoms with Crippen molar-refractivity contribution in [2.75, 3.05) is 13.7 Å². The van der Waals surface area contributed by atoms with E-state index in [-0.39, 0.29) is 12.5 Å². The molecule has 15 heavy (non-hydrogen) atoms. The second-order valence-electron chi connectivity index (χ2n) is 2.94. The molecule has 0 aromatic heterocycles. The zero-order chi connectivity index (χ0) is 11.1. The molecule has 0 fully saturated rings. The molecule has 0 heterocycles. The van der Waals surface area contributed by atoms with Crippen molar-refractivity contribution in [3.8, 4) is 5.75 Å². The minimum absolute atomic E-state index is 0.0353. The van der Waals surface area contributed by atoms with Gasteiger partial charge in [0.1, 0.15) is 12.0 Å². The van der Waals surface area contributed by atoms with Gasteiger partial charge in [0.15, 0.2) is 6.61 Å². The van der Waals surface area contributed by atoms with Gasteiger partial charge in [-0.3, -0.25) is 4.79 Å². The number of hydrogen-bond acceptors (Lipinski definition) is 3. The van der Waals surface area contributed by atoms with Gasteiger partial charge < -0.3 is 14.8 Å². The van der Waals surface area contributed by atoms with Crippen molar-refractivity contribution in [3.05, 3.63) is 29.8 Å². The van der Waals surface area contributed by atoms with Gasteiger partial charge in [0.2, 0.25) is 0 Å². The molecule has 1 aromatic carbocycles. The molecule has 0 spiro atoms. The predicted molar refractivity (Wildman–Crippen MR) is 55.8 cm³/mol. The first-order valence-corrected chi connectivity index (χ1v) is 4.63. The van der Waals surface area contributed by atoms with Crippen LogP contribution in [0.4, 0.5) is 0 Å². The van der Waals surface area contributed by atoms with Gasteiger partial charge in [-0.25, -0.2) is 0 Å². The minimum atomic E-state index is -0.198. The first-order chi connectivity index (χ1) is 7.27. The maximum absolute atomic E-state index is 10.9. The molecule has 0 unspecified atom stereocenters. The van der Waals surface area contributed by atoms with E-state index in [1.165, 1.54) is 0 Å². The Labute approximate surface area is 88.2 Å². The smallest absolute Gasteiger partial charge is 0.257 e. The number of ether oxygens (including phenoxy) is 1. The van der Waals surface area contributed by atoms with Crippen molar-refractivity contribution in [2.24, 2.45) is 0 Å². The Morgan fingerprint density at radius 3 is 2.87 bits per heavy atom. The molecule has 1 amide bonds. The summed E-state index contributed by atoms with van der Waals surface area (Å²) in [5.41, 5.74) is 0.788. The number of nitrogens with one attached hydrogen (secondary N) is 1. The third-order valence-corrected chi connectivity index (χ3v) is 1.91. The normalized spacial score (nSPS) is 9.40. The van der Waals surface area contributed by atoms with Crippen LogP contribution >= 0.6 is 0 Å². The summed E-state index contributed by atoms with van der Waals surface area (Å²) < 4.78 is 5.27. The standard InChI is InChI=1S/C11H13NO3/c1-12-11(14)8-15-10-5-3-2-4-9(10)6-7-13/h2-5,7H,6,8H2,1H3,(H,12,14). The van der Waals surface area contributed by atoms with E-state index in [9.17, 15) is 9.59 Å². The van der Waals surface area contributed by atoms with Gasteiger partial charge in [-0.1, -0.05) is 18.2 Å². The summed E-state index contributed by atoms with van der Waals surface area (Å²) in [6, 6.07) is 7.16. The Hall–Kier alpha value is -1.84. The fourth-order valence-electron chi connectivity index (χ4n) is 1.12. The van der Waals surface area contributed by atoms with Crippen LogP contribution in [0.3, 0.4) is 0 Å². The molecule has 1 rings (SSSR count). The van der Waals surface area contributed by atoms with Crippen LogP contribution in [0.15, 0.2) is 24.3 Å². The monoisotopic (exact) mass is 207 g/mol. The predicted octanol–water partition coefficient (Wildman–Crippen LogP) is 0.553. The topological polar surface area (TPSA) is 55.4 Å². The van der Waals surface area contributed by atoms with Crippen molar-refractivity contribution in [1.29, 1.82) is 0 Å². The second-order valence-corrected chi connectivity index (χ2v) is 2.94. The third kappa shape index (κ3) is 3.42. The Bertz CT molecular complexity index is 349. The molecule has 0 aliphatic carbocycles. The number of likely N-dealkylation sites (N-methyl/N-ethyl adjacent to an activating group) is 1. The molecule has 4 nitrogen and oxygen atoms in total. The van der Waals surface area contributed by atoms with Gasteiger partial charge in [-0.2, -0.15) is 0 Å². The highest BCUT2D eigenvalue weighted by molar-refractivity contribution is 5.77. The van der Waals surface area contributed by atoms with Crippen molar-refractivity contribution in [3.63, 3.8) is 0 Å². The lowest BCUT2D eigenvalue weighted by molar-refractivity contribution is -0.122. The molecule has 1 aromatic rings. The Morgan fingerprint density at radius 1 is 1.47 bits per heavy atom. The van der Waals surface area contributed by atoms with Crippen molar-refractivity contribution in [2.45, 2.75) is 6.42 Å². The van der Waals surface area contributed by atoms with Crippen LogP contribution < -0.4 is 10.1 Å². The van der Waals surface area contributed by atoms with E-state index in [0.29, 0.717) is 12.2 Å². The van der Waals surface area contributed by atoms with Crippen LogP contribution in [0.5, 0.6) is 5.75 Å². The van der Waals surface area contributed by atoms with E-state index in [1.54, 1.807) is 25.2 Å². The Morgan fingerprint density at radius 2 is 2.20 bits per heavy atom. The minimum Gasteiger partial charge on any atom is -0.483 e. The number of benzene rings is 1. The van der Waals surface area contributed by atoms with Crippen LogP contribution in [0.1, 0.15) is 5.56 Å². The molecule has 1 N–H and O–H groups in total. The average molecular weight is 207 g/mol. The van der Waals surface area contributed by atoms with E-state index in [4.69, 9.17) is 4.74 Å². The molecule has 80 valence electrons. The van der Waals surface area contributed by atoms with E-state index < -0.39 is 0 Å². The quantitative estimate of drug-likeness (QED) is 0.717. The Kier molecular flexibility index (Phi) is 4.34. The maximum Gasteiger partial charge on any atom is 0.257 e. The zero-order valence-corrected chi connectivity index (χ0v) is 8.53. The SMILES string of the molecule is CNC(=O)COc1ccccc1CC=O. The van der Waals surface area contributed by atoms with Crippen LogP contribution in [0.2, 0.25) is 0 Å². The fourth-order valence-corrected chi connectivity index (χ4v) is 1.12. The number of carbonyl (C=O) groups is 2. The summed E-state index contributed by atoms with van der Waals surface area (Å²) in [5, 5.41) is 2.45. The summed E-state index contributed by atoms with van der Waals surface area (Å²) in [5.74, 6) is 0.379. The lowest BCUT2D eigenvalue weighted by Crippen LogP contribution is -2.25. The number of hydrogen-bond donors (Lipinski definition) is 1. The molecule has 0 bridgehead atoms. The van der Waals surface area contributed by atoms with Gasteiger partial charge in [0.25, 0.3) is 5.91 Å².